The van der Waals surface area contributed by atoms with Gasteiger partial charge in [0, 0.05) is 23.5 Å². The van der Waals surface area contributed by atoms with Gasteiger partial charge in [-0.15, -0.1) is 11.3 Å². The van der Waals surface area contributed by atoms with Gasteiger partial charge in [-0.05, 0) is 69.2 Å². The van der Waals surface area contributed by atoms with Gasteiger partial charge in [0.05, 0.1) is 12.0 Å². The summed E-state index contributed by atoms with van der Waals surface area (Å²) in [6, 6.07) is 9.88. The highest BCUT2D eigenvalue weighted by Crippen LogP contribution is 2.41. The number of rotatable bonds is 13. The highest BCUT2D eigenvalue weighted by molar-refractivity contribution is 7.89. The molecule has 1 aromatic heterocycles. The van der Waals surface area contributed by atoms with Crippen molar-refractivity contribution in [3.05, 3.63) is 64.8 Å². The Morgan fingerprint density at radius 3 is 2.17 bits per heavy atom. The first-order valence-electron chi connectivity index (χ1n) is 13.3. The smallest absolute Gasteiger partial charge is 0.341 e. The number of sulfonamides is 1. The van der Waals surface area contributed by atoms with Gasteiger partial charge in [-0.1, -0.05) is 19.1 Å². The van der Waals surface area contributed by atoms with Crippen molar-refractivity contribution in [3.63, 3.8) is 0 Å². The van der Waals surface area contributed by atoms with Crippen LogP contribution in [0.25, 0.3) is 11.1 Å². The van der Waals surface area contributed by atoms with E-state index in [9.17, 15) is 27.2 Å². The van der Waals surface area contributed by atoms with Gasteiger partial charge >= 0.3 is 5.97 Å². The number of hydrogen-bond acceptors (Lipinski definition) is 8. The number of methoxy groups -OCH3 is 1. The lowest BCUT2D eigenvalue weighted by Gasteiger charge is -2.18. The molecule has 1 atom stereocenters. The molecular weight excluding hydrogens is 585 g/mol. The monoisotopic (exact) mass is 619 g/mol. The zero-order valence-corrected chi connectivity index (χ0v) is 25.7. The summed E-state index contributed by atoms with van der Waals surface area (Å²) in [7, 11) is -2.90. The van der Waals surface area contributed by atoms with E-state index in [1.165, 1.54) is 7.11 Å². The molecule has 0 fully saturated rings. The molecule has 2 N–H and O–H groups in total. The number of carbonyl (C=O) groups is 3. The molecule has 1 unspecified atom stereocenters. The van der Waals surface area contributed by atoms with Crippen LogP contribution in [0.2, 0.25) is 0 Å². The molecule has 2 aromatic carbocycles. The van der Waals surface area contributed by atoms with E-state index >= 15 is 0 Å². The van der Waals surface area contributed by atoms with Crippen molar-refractivity contribution in [3.8, 4) is 16.9 Å². The molecule has 226 valence electrons. The maximum absolute atomic E-state index is 13.3. The molecule has 0 aliphatic heterocycles. The van der Waals surface area contributed by atoms with Crippen molar-refractivity contribution in [2.24, 2.45) is 0 Å². The first kappa shape index (κ1) is 32.7. The fraction of sp³-hybridized carbons (Fsp3) is 0.345. The molecule has 0 radical (unpaired) electrons. The minimum atomic E-state index is -4.13. The maximum atomic E-state index is 13.3. The van der Waals surface area contributed by atoms with Crippen LogP contribution in [0.3, 0.4) is 0 Å². The zero-order chi connectivity index (χ0) is 31.0. The van der Waals surface area contributed by atoms with Crippen molar-refractivity contribution in [1.82, 2.24) is 9.62 Å². The third-order valence-corrected chi connectivity index (χ3v) is 8.99. The van der Waals surface area contributed by atoms with Crippen LogP contribution in [-0.2, 0) is 24.3 Å². The largest absolute Gasteiger partial charge is 0.484 e. The topological polar surface area (TPSA) is 131 Å². The SMILES string of the molecule is CCC(NS(=O)(=O)c1ccc(F)cc1)C(=O)Nc1sc(C)c(-c2ccc(OCC(=O)N(CC)CC)cc2)c1C(=O)OC. The Balaban J connectivity index is 1.84. The van der Waals surface area contributed by atoms with Crippen LogP contribution in [0, 0.1) is 12.7 Å². The van der Waals surface area contributed by atoms with Crippen molar-refractivity contribution in [1.29, 1.82) is 0 Å². The molecular formula is C29H34FN3O7S2. The summed E-state index contributed by atoms with van der Waals surface area (Å²) in [5.74, 6) is -1.61. The molecule has 0 bridgehead atoms. The van der Waals surface area contributed by atoms with E-state index in [4.69, 9.17) is 9.47 Å². The Kier molecular flexibility index (Phi) is 11.2. The molecule has 2 amide bonds. The van der Waals surface area contributed by atoms with E-state index in [-0.39, 0.29) is 34.4 Å². The number of amides is 2. The van der Waals surface area contributed by atoms with Crippen LogP contribution in [0.15, 0.2) is 53.4 Å². The molecule has 13 heteroatoms. The van der Waals surface area contributed by atoms with Gasteiger partial charge in [0.25, 0.3) is 5.91 Å². The minimum Gasteiger partial charge on any atom is -0.484 e. The third-order valence-electron chi connectivity index (χ3n) is 6.48. The van der Waals surface area contributed by atoms with Crippen LogP contribution < -0.4 is 14.8 Å². The zero-order valence-electron chi connectivity index (χ0n) is 24.0. The van der Waals surface area contributed by atoms with Crippen LogP contribution >= 0.6 is 11.3 Å². The quantitative estimate of drug-likeness (QED) is 0.268. The van der Waals surface area contributed by atoms with Crippen molar-refractivity contribution >= 4 is 44.1 Å². The van der Waals surface area contributed by atoms with E-state index in [0.717, 1.165) is 35.6 Å². The summed E-state index contributed by atoms with van der Waals surface area (Å²) < 4.78 is 51.8. The number of aryl methyl sites for hydroxylation is 1. The van der Waals surface area contributed by atoms with E-state index in [1.807, 2.05) is 13.8 Å². The lowest BCUT2D eigenvalue weighted by atomic mass is 10.0. The average molecular weight is 620 g/mol. The second kappa shape index (κ2) is 14.4. The Morgan fingerprint density at radius 2 is 1.62 bits per heavy atom. The van der Waals surface area contributed by atoms with Crippen LogP contribution in [0.1, 0.15) is 42.4 Å². The molecule has 0 spiro atoms. The van der Waals surface area contributed by atoms with Gasteiger partial charge in [0.1, 0.15) is 28.2 Å². The van der Waals surface area contributed by atoms with E-state index < -0.39 is 33.8 Å². The molecule has 42 heavy (non-hydrogen) atoms. The fourth-order valence-corrected chi connectivity index (χ4v) is 6.54. The number of anilines is 1. The predicted octanol–water partition coefficient (Wildman–Crippen LogP) is 4.59. The number of hydrogen-bond donors (Lipinski definition) is 2. The second-order valence-corrected chi connectivity index (χ2v) is 12.1. The first-order valence-corrected chi connectivity index (χ1v) is 15.6. The van der Waals surface area contributed by atoms with Gasteiger partial charge in [-0.3, -0.25) is 9.59 Å². The van der Waals surface area contributed by atoms with Crippen LogP contribution in [0.5, 0.6) is 5.75 Å². The minimum absolute atomic E-state index is 0.106. The number of esters is 1. The number of carbonyl (C=O) groups excluding carboxylic acids is 3. The predicted molar refractivity (Wildman–Crippen MR) is 159 cm³/mol. The Labute approximate surface area is 248 Å². The highest BCUT2D eigenvalue weighted by Gasteiger charge is 2.29. The number of likely N-dealkylation sites (N-methyl/N-ethyl adjacent to an activating group) is 1. The lowest BCUT2D eigenvalue weighted by molar-refractivity contribution is -0.133. The summed E-state index contributed by atoms with van der Waals surface area (Å²) in [5, 5.41) is 2.88. The van der Waals surface area contributed by atoms with Gasteiger partial charge in [-0.2, -0.15) is 4.72 Å². The Bertz CT molecular complexity index is 1520. The molecule has 0 saturated carbocycles. The number of ether oxygens (including phenoxy) is 2. The van der Waals surface area contributed by atoms with E-state index in [1.54, 1.807) is 43.0 Å². The summed E-state index contributed by atoms with van der Waals surface area (Å²) >= 11 is 1.15. The van der Waals surface area contributed by atoms with E-state index in [0.29, 0.717) is 34.8 Å². The number of nitrogens with zero attached hydrogens (tertiary/aromatic N) is 1. The number of nitrogens with one attached hydrogen (secondary N) is 2. The Morgan fingerprint density at radius 1 is 1.00 bits per heavy atom. The van der Waals surface area contributed by atoms with Crippen LogP contribution in [0.4, 0.5) is 9.39 Å². The number of halogens is 1. The summed E-state index contributed by atoms with van der Waals surface area (Å²) in [5.41, 5.74) is 1.30. The fourth-order valence-electron chi connectivity index (χ4n) is 4.20. The number of thiophene rings is 1. The normalized spacial score (nSPS) is 12.0. The summed E-state index contributed by atoms with van der Waals surface area (Å²) in [6.07, 6.45) is 0.106. The van der Waals surface area contributed by atoms with E-state index in [2.05, 4.69) is 10.0 Å². The first-order chi connectivity index (χ1) is 19.9. The lowest BCUT2D eigenvalue weighted by Crippen LogP contribution is -2.43. The molecule has 1 heterocycles. The van der Waals surface area contributed by atoms with Gasteiger partial charge in [0.2, 0.25) is 15.9 Å². The van der Waals surface area contributed by atoms with Crippen molar-refractivity contribution in [2.45, 2.75) is 45.1 Å². The van der Waals surface area contributed by atoms with Crippen molar-refractivity contribution in [2.75, 3.05) is 32.1 Å². The molecule has 0 aliphatic carbocycles. The molecule has 10 nitrogen and oxygen atoms in total. The average Bonchev–Trinajstić information content (AvgIpc) is 3.30. The molecule has 0 saturated heterocycles. The standard InChI is InChI=1S/C29H34FN3O7S2/c1-6-23(32-42(37,38)22-15-11-20(30)12-16-22)27(35)31-28-26(29(36)39-5)25(18(4)41-28)19-9-13-21(14-10-19)40-17-24(34)33(7-2)8-3/h9-16,23,32H,6-8,17H2,1-5H3,(H,31,35). The Hall–Kier alpha value is -3.81. The molecule has 3 rings (SSSR count). The highest BCUT2D eigenvalue weighted by atomic mass is 32.2. The van der Waals surface area contributed by atoms with Gasteiger partial charge in [-0.25, -0.2) is 17.6 Å². The van der Waals surface area contributed by atoms with Gasteiger partial charge in [0.15, 0.2) is 6.61 Å². The van der Waals surface area contributed by atoms with Gasteiger partial charge < -0.3 is 19.7 Å². The summed E-state index contributed by atoms with van der Waals surface area (Å²) in [4.78, 5) is 40.5. The van der Waals surface area contributed by atoms with Crippen molar-refractivity contribution < 1.29 is 36.7 Å². The third kappa shape index (κ3) is 7.72. The molecule has 0 aliphatic rings. The maximum Gasteiger partial charge on any atom is 0.341 e. The molecule has 3 aromatic rings. The number of benzene rings is 2. The van der Waals surface area contributed by atoms with Crippen LogP contribution in [-0.4, -0.2) is 63.9 Å². The summed E-state index contributed by atoms with van der Waals surface area (Å²) in [6.45, 7) is 8.26. The second-order valence-electron chi connectivity index (χ2n) is 9.13.